The molecule has 0 spiro atoms. The van der Waals surface area contributed by atoms with Crippen molar-refractivity contribution >= 4 is 5.91 Å². The third-order valence-electron chi connectivity index (χ3n) is 1.41. The zero-order valence-corrected chi connectivity index (χ0v) is 5.55. The van der Waals surface area contributed by atoms with Gasteiger partial charge >= 0.3 is 0 Å². The first-order valence-corrected chi connectivity index (χ1v) is 3.31. The lowest BCUT2D eigenvalue weighted by Gasteiger charge is -2.04. The zero-order chi connectivity index (χ0) is 6.69. The number of carbonyl (C=O) groups is 1. The van der Waals surface area contributed by atoms with Gasteiger partial charge in [-0.2, -0.15) is 0 Å². The van der Waals surface area contributed by atoms with Gasteiger partial charge in [-0.05, 0) is 6.42 Å². The second kappa shape index (κ2) is 2.67. The molecule has 1 aliphatic heterocycles. The lowest BCUT2D eigenvalue weighted by molar-refractivity contribution is -0.116. The molecular weight excluding hydrogens is 114 g/mol. The topological polar surface area (TPSA) is 29.1 Å². The first kappa shape index (κ1) is 6.33. The number of hydrogen-bond donors (Lipinski definition) is 1. The van der Waals surface area contributed by atoms with E-state index in [1.54, 1.807) is 6.08 Å². The summed E-state index contributed by atoms with van der Waals surface area (Å²) in [6.45, 7) is 2.11. The molecule has 1 atom stereocenters. The first-order valence-electron chi connectivity index (χ1n) is 3.31. The molecule has 0 bridgehead atoms. The number of nitrogens with one attached hydrogen (secondary N) is 1. The SMILES string of the molecule is CCCC1C=CC(=O)N1. The number of rotatable bonds is 2. The van der Waals surface area contributed by atoms with Gasteiger partial charge in [0.05, 0.1) is 0 Å². The molecule has 0 radical (unpaired) electrons. The van der Waals surface area contributed by atoms with E-state index in [1.807, 2.05) is 6.08 Å². The van der Waals surface area contributed by atoms with E-state index >= 15 is 0 Å². The average molecular weight is 125 g/mol. The molecule has 9 heavy (non-hydrogen) atoms. The molecule has 1 amide bonds. The maximum atomic E-state index is 10.5. The van der Waals surface area contributed by atoms with Gasteiger partial charge in [-0.3, -0.25) is 4.79 Å². The van der Waals surface area contributed by atoms with E-state index in [0.29, 0.717) is 6.04 Å². The Labute approximate surface area is 54.9 Å². The summed E-state index contributed by atoms with van der Waals surface area (Å²) in [5.41, 5.74) is 0. The highest BCUT2D eigenvalue weighted by atomic mass is 16.1. The third kappa shape index (κ3) is 1.56. The molecule has 1 rings (SSSR count). The molecule has 0 aliphatic carbocycles. The predicted molar refractivity (Wildman–Crippen MR) is 36.0 cm³/mol. The van der Waals surface area contributed by atoms with Gasteiger partial charge in [-0.1, -0.05) is 19.4 Å². The van der Waals surface area contributed by atoms with Gasteiger partial charge in [-0.25, -0.2) is 0 Å². The number of amides is 1. The van der Waals surface area contributed by atoms with Gasteiger partial charge in [0.2, 0.25) is 5.91 Å². The quantitative estimate of drug-likeness (QED) is 0.582. The summed E-state index contributed by atoms with van der Waals surface area (Å²) in [7, 11) is 0. The molecule has 2 heteroatoms. The van der Waals surface area contributed by atoms with Crippen LogP contribution in [0.2, 0.25) is 0 Å². The molecule has 0 saturated carbocycles. The molecule has 1 heterocycles. The molecule has 0 fully saturated rings. The second-order valence-electron chi connectivity index (χ2n) is 2.26. The van der Waals surface area contributed by atoms with E-state index in [2.05, 4.69) is 12.2 Å². The molecule has 50 valence electrons. The first-order chi connectivity index (χ1) is 4.33. The van der Waals surface area contributed by atoms with Crippen molar-refractivity contribution < 1.29 is 4.79 Å². The van der Waals surface area contributed by atoms with Crippen molar-refractivity contribution in [3.63, 3.8) is 0 Å². The Balaban J connectivity index is 2.32. The Bertz CT molecular complexity index is 140. The normalized spacial score (nSPS) is 24.6. The smallest absolute Gasteiger partial charge is 0.244 e. The monoisotopic (exact) mass is 125 g/mol. The van der Waals surface area contributed by atoms with Crippen molar-refractivity contribution in [2.24, 2.45) is 0 Å². The van der Waals surface area contributed by atoms with Gasteiger partial charge in [0.25, 0.3) is 0 Å². The highest BCUT2D eigenvalue weighted by molar-refractivity contribution is 5.90. The molecule has 0 saturated heterocycles. The van der Waals surface area contributed by atoms with Crippen molar-refractivity contribution in [3.05, 3.63) is 12.2 Å². The van der Waals surface area contributed by atoms with Crippen molar-refractivity contribution in [2.45, 2.75) is 25.8 Å². The van der Waals surface area contributed by atoms with Crippen LogP contribution in [-0.2, 0) is 4.79 Å². The Morgan fingerprint density at radius 1 is 1.78 bits per heavy atom. The standard InChI is InChI=1S/C7H11NO/c1-2-3-6-4-5-7(9)8-6/h4-6H,2-3H2,1H3,(H,8,9). The summed E-state index contributed by atoms with van der Waals surface area (Å²) in [5.74, 6) is 0.0495. The van der Waals surface area contributed by atoms with E-state index in [-0.39, 0.29) is 5.91 Å². The van der Waals surface area contributed by atoms with Gasteiger partial charge in [0.15, 0.2) is 0 Å². The fourth-order valence-electron chi connectivity index (χ4n) is 0.962. The molecule has 1 aliphatic rings. The number of hydrogen-bond acceptors (Lipinski definition) is 1. The van der Waals surface area contributed by atoms with Crippen LogP contribution in [0.25, 0.3) is 0 Å². The summed E-state index contributed by atoms with van der Waals surface area (Å²) in [4.78, 5) is 10.5. The molecular formula is C7H11NO. The lowest BCUT2D eigenvalue weighted by Crippen LogP contribution is -2.25. The van der Waals surface area contributed by atoms with Crippen molar-refractivity contribution in [2.75, 3.05) is 0 Å². The maximum Gasteiger partial charge on any atom is 0.244 e. The van der Waals surface area contributed by atoms with E-state index in [9.17, 15) is 4.79 Å². The number of carbonyl (C=O) groups excluding carboxylic acids is 1. The second-order valence-corrected chi connectivity index (χ2v) is 2.26. The average Bonchev–Trinajstić information content (AvgIpc) is 2.17. The van der Waals surface area contributed by atoms with Gasteiger partial charge < -0.3 is 5.32 Å². The minimum atomic E-state index is 0.0495. The summed E-state index contributed by atoms with van der Waals surface area (Å²) in [6.07, 6.45) is 5.70. The highest BCUT2D eigenvalue weighted by Crippen LogP contribution is 2.02. The van der Waals surface area contributed by atoms with E-state index < -0.39 is 0 Å². The zero-order valence-electron chi connectivity index (χ0n) is 5.55. The van der Waals surface area contributed by atoms with E-state index in [4.69, 9.17) is 0 Å². The third-order valence-corrected chi connectivity index (χ3v) is 1.41. The largest absolute Gasteiger partial charge is 0.346 e. The van der Waals surface area contributed by atoms with E-state index in [1.165, 1.54) is 0 Å². The van der Waals surface area contributed by atoms with Crippen LogP contribution in [0.5, 0.6) is 0 Å². The van der Waals surface area contributed by atoms with Crippen LogP contribution in [0.1, 0.15) is 19.8 Å². The lowest BCUT2D eigenvalue weighted by atomic mass is 10.2. The summed E-state index contributed by atoms with van der Waals surface area (Å²) in [5, 5.41) is 2.80. The summed E-state index contributed by atoms with van der Waals surface area (Å²) in [6, 6.07) is 0.308. The van der Waals surface area contributed by atoms with Crippen LogP contribution in [0.15, 0.2) is 12.2 Å². The molecule has 0 aromatic carbocycles. The van der Waals surface area contributed by atoms with Crippen LogP contribution in [0.3, 0.4) is 0 Å². The van der Waals surface area contributed by atoms with Crippen LogP contribution in [-0.4, -0.2) is 11.9 Å². The highest BCUT2D eigenvalue weighted by Gasteiger charge is 2.11. The van der Waals surface area contributed by atoms with Gasteiger partial charge in [-0.15, -0.1) is 0 Å². The Kier molecular flexibility index (Phi) is 1.88. The van der Waals surface area contributed by atoms with Gasteiger partial charge in [0.1, 0.15) is 0 Å². The Morgan fingerprint density at radius 2 is 2.56 bits per heavy atom. The Morgan fingerprint density at radius 3 is 3.00 bits per heavy atom. The van der Waals surface area contributed by atoms with Crippen molar-refractivity contribution in [1.29, 1.82) is 0 Å². The van der Waals surface area contributed by atoms with Crippen LogP contribution in [0.4, 0.5) is 0 Å². The predicted octanol–water partition coefficient (Wildman–Crippen LogP) is 0.841. The fraction of sp³-hybridized carbons (Fsp3) is 0.571. The summed E-state index contributed by atoms with van der Waals surface area (Å²) < 4.78 is 0. The minimum Gasteiger partial charge on any atom is -0.346 e. The molecule has 2 nitrogen and oxygen atoms in total. The molecule has 1 unspecified atom stereocenters. The molecule has 0 aromatic rings. The van der Waals surface area contributed by atoms with Crippen LogP contribution >= 0.6 is 0 Å². The van der Waals surface area contributed by atoms with Crippen LogP contribution < -0.4 is 5.32 Å². The fourth-order valence-corrected chi connectivity index (χ4v) is 0.962. The molecule has 1 N–H and O–H groups in total. The molecule has 0 aromatic heterocycles. The van der Waals surface area contributed by atoms with Gasteiger partial charge in [0, 0.05) is 12.1 Å². The van der Waals surface area contributed by atoms with E-state index in [0.717, 1.165) is 12.8 Å². The van der Waals surface area contributed by atoms with Crippen molar-refractivity contribution in [1.82, 2.24) is 5.32 Å². The maximum absolute atomic E-state index is 10.5. The summed E-state index contributed by atoms with van der Waals surface area (Å²) >= 11 is 0. The Hall–Kier alpha value is -0.790. The minimum absolute atomic E-state index is 0.0495. The van der Waals surface area contributed by atoms with Crippen molar-refractivity contribution in [3.8, 4) is 0 Å². The van der Waals surface area contributed by atoms with Crippen LogP contribution in [0, 0.1) is 0 Å².